The van der Waals surface area contributed by atoms with Crippen LogP contribution < -0.4 is 14.8 Å². The Morgan fingerprint density at radius 1 is 1.26 bits per heavy atom. The molecule has 0 saturated heterocycles. The lowest BCUT2D eigenvalue weighted by molar-refractivity contribution is -0.139. The molecule has 0 aliphatic rings. The number of phenols is 1. The van der Waals surface area contributed by atoms with Gasteiger partial charge in [0.2, 0.25) is 0 Å². The number of imidazole rings is 1. The monoisotopic (exact) mass is 514 g/mol. The zero-order valence-electron chi connectivity index (χ0n) is 15.5. The first-order valence-electron chi connectivity index (χ1n) is 8.55. The molecule has 2 aromatic heterocycles. The molecule has 2 heterocycles. The average Bonchev–Trinajstić information content (AvgIpc) is 3.23. The third-order valence-corrected chi connectivity index (χ3v) is 6.03. The Morgan fingerprint density at radius 3 is 2.65 bits per heavy atom. The minimum absolute atomic E-state index is 0.0433. The zero-order chi connectivity index (χ0) is 22.5. The molecule has 4 rings (SSSR count). The Hall–Kier alpha value is -2.92. The maximum atomic E-state index is 13.5. The van der Waals surface area contributed by atoms with E-state index in [0.717, 1.165) is 17.4 Å². The van der Waals surface area contributed by atoms with Crippen LogP contribution >= 0.6 is 27.3 Å². The number of hydrogen-bond acceptors (Lipinski definition) is 5. The van der Waals surface area contributed by atoms with Gasteiger partial charge in [-0.1, -0.05) is 11.3 Å². The summed E-state index contributed by atoms with van der Waals surface area (Å²) in [7, 11) is 1.39. The lowest BCUT2D eigenvalue weighted by atomic mass is 10.1. The second-order valence-electron chi connectivity index (χ2n) is 6.44. The fourth-order valence-corrected chi connectivity index (χ4v) is 4.37. The van der Waals surface area contributed by atoms with Gasteiger partial charge < -0.3 is 9.84 Å². The van der Waals surface area contributed by atoms with Gasteiger partial charge in [-0.2, -0.15) is 13.2 Å². The lowest BCUT2D eigenvalue weighted by Gasteiger charge is -2.08. The first-order chi connectivity index (χ1) is 14.6. The van der Waals surface area contributed by atoms with Crippen molar-refractivity contribution in [3.05, 3.63) is 72.8 Å². The summed E-state index contributed by atoms with van der Waals surface area (Å²) in [5.41, 5.74) is -1.07. The summed E-state index contributed by atoms with van der Waals surface area (Å²) in [6, 6.07) is 5.71. The Bertz CT molecular complexity index is 1430. The molecule has 2 aromatic carbocycles. The van der Waals surface area contributed by atoms with E-state index in [1.54, 1.807) is 18.2 Å². The quantitative estimate of drug-likeness (QED) is 0.405. The van der Waals surface area contributed by atoms with E-state index in [1.165, 1.54) is 23.8 Å². The van der Waals surface area contributed by atoms with Crippen molar-refractivity contribution >= 4 is 38.3 Å². The van der Waals surface area contributed by atoms with Crippen molar-refractivity contribution in [2.24, 2.45) is 0 Å². The molecular weight excluding hydrogens is 504 g/mol. The Morgan fingerprint density at radius 2 is 2.00 bits per heavy atom. The molecule has 0 amide bonds. The van der Waals surface area contributed by atoms with E-state index >= 15 is 0 Å². The summed E-state index contributed by atoms with van der Waals surface area (Å²) < 4.78 is 59.5. The van der Waals surface area contributed by atoms with Crippen molar-refractivity contribution in [1.29, 1.82) is 0 Å². The number of fused-ring (bicyclic) bond motifs is 1. The molecule has 0 saturated carbocycles. The number of thiazole rings is 1. The first kappa shape index (κ1) is 21.3. The second-order valence-corrected chi connectivity index (χ2v) is 8.30. The second kappa shape index (κ2) is 7.65. The van der Waals surface area contributed by atoms with Crippen molar-refractivity contribution < 1.29 is 27.4 Å². The third-order valence-electron chi connectivity index (χ3n) is 4.44. The van der Waals surface area contributed by atoms with E-state index in [1.807, 2.05) is 0 Å². The number of hydrogen-bond donors (Lipinski definition) is 1. The predicted molar refractivity (Wildman–Crippen MR) is 111 cm³/mol. The molecule has 31 heavy (non-hydrogen) atoms. The number of methoxy groups -OCH3 is 1. The molecule has 4 aromatic rings. The lowest BCUT2D eigenvalue weighted by Crippen LogP contribution is -2.22. The summed E-state index contributed by atoms with van der Waals surface area (Å²) in [5.74, 6) is -1.24. The number of halogens is 5. The molecule has 0 unspecified atom stereocenters. The molecule has 5 nitrogen and oxygen atoms in total. The van der Waals surface area contributed by atoms with E-state index in [4.69, 9.17) is 4.74 Å². The highest BCUT2D eigenvalue weighted by Crippen LogP contribution is 2.36. The van der Waals surface area contributed by atoms with Crippen molar-refractivity contribution in [2.75, 3.05) is 7.11 Å². The Labute approximate surface area is 184 Å². The molecule has 1 N–H and O–H groups in total. The Kier molecular flexibility index (Phi) is 5.26. The van der Waals surface area contributed by atoms with Gasteiger partial charge in [0.05, 0.1) is 27.4 Å². The summed E-state index contributed by atoms with van der Waals surface area (Å²) in [4.78, 5) is 17.2. The topological polar surface area (TPSA) is 63.8 Å². The van der Waals surface area contributed by atoms with E-state index in [-0.39, 0.29) is 27.7 Å². The summed E-state index contributed by atoms with van der Waals surface area (Å²) in [6.07, 6.45) is -1.96. The number of ether oxygens (including phenoxy) is 1. The van der Waals surface area contributed by atoms with Gasteiger partial charge in [0.1, 0.15) is 5.82 Å². The molecule has 0 fully saturated rings. The predicted octanol–water partition coefficient (Wildman–Crippen LogP) is 4.61. The Balaban J connectivity index is 1.79. The highest BCUT2D eigenvalue weighted by molar-refractivity contribution is 9.10. The van der Waals surface area contributed by atoms with Gasteiger partial charge in [0, 0.05) is 11.8 Å². The van der Waals surface area contributed by atoms with E-state index in [2.05, 4.69) is 20.9 Å². The first-order valence-corrected chi connectivity index (χ1v) is 10.2. The van der Waals surface area contributed by atoms with Gasteiger partial charge in [-0.05, 0) is 57.9 Å². The van der Waals surface area contributed by atoms with Crippen LogP contribution in [-0.2, 0) is 6.18 Å². The summed E-state index contributed by atoms with van der Waals surface area (Å²) in [5, 5.41) is 9.90. The van der Waals surface area contributed by atoms with Gasteiger partial charge in [-0.25, -0.2) is 9.37 Å². The van der Waals surface area contributed by atoms with Crippen molar-refractivity contribution in [3.63, 3.8) is 0 Å². The van der Waals surface area contributed by atoms with Crippen LogP contribution in [0.2, 0.25) is 0 Å². The molecule has 0 aliphatic carbocycles. The molecule has 0 aliphatic heterocycles. The van der Waals surface area contributed by atoms with Crippen LogP contribution in [0.5, 0.6) is 11.5 Å². The van der Waals surface area contributed by atoms with E-state index < -0.39 is 23.1 Å². The van der Waals surface area contributed by atoms with Crippen LogP contribution in [0.25, 0.3) is 22.3 Å². The van der Waals surface area contributed by atoms with Crippen LogP contribution in [0, 0.1) is 5.82 Å². The van der Waals surface area contributed by atoms with Crippen LogP contribution in [-0.4, -0.2) is 21.6 Å². The number of aromatic hydroxyl groups is 1. The number of benzene rings is 2. The minimum atomic E-state index is -4.84. The molecule has 11 heteroatoms. The number of nitrogens with zero attached hydrogens (tertiary/aromatic N) is 2. The minimum Gasteiger partial charge on any atom is -0.503 e. The molecule has 160 valence electrons. The van der Waals surface area contributed by atoms with Crippen molar-refractivity contribution in [1.82, 2.24) is 9.38 Å². The summed E-state index contributed by atoms with van der Waals surface area (Å²) in [6.45, 7) is 0. The van der Waals surface area contributed by atoms with E-state index in [9.17, 15) is 27.5 Å². The standard InChI is InChI=1S/C20H11BrF4N2O3S/c1-30-15-5-9(4-12(21)17(15)28)6-16-18(29)27-8-14(26-19(27)31-16)10-2-3-13(22)11(7-10)20(23,24)25/h2-8,28H,1H3/b16-6-. The largest absolute Gasteiger partial charge is 0.503 e. The smallest absolute Gasteiger partial charge is 0.419 e. The molecule has 0 bridgehead atoms. The van der Waals surface area contributed by atoms with Crippen molar-refractivity contribution in [3.8, 4) is 22.8 Å². The van der Waals surface area contributed by atoms with Gasteiger partial charge >= 0.3 is 6.18 Å². The SMILES string of the molecule is COc1cc(/C=c2\sc3nc(-c4ccc(F)c(C(F)(F)F)c4)cn3c2=O)cc(Br)c1O. The zero-order valence-corrected chi connectivity index (χ0v) is 17.9. The van der Waals surface area contributed by atoms with Crippen LogP contribution in [0.15, 0.2) is 45.8 Å². The highest BCUT2D eigenvalue weighted by atomic mass is 79.9. The molecular formula is C20H11BrF4N2O3S. The van der Waals surface area contributed by atoms with Gasteiger partial charge in [-0.3, -0.25) is 9.20 Å². The summed E-state index contributed by atoms with van der Waals surface area (Å²) >= 11 is 4.25. The number of rotatable bonds is 3. The highest BCUT2D eigenvalue weighted by Gasteiger charge is 2.34. The number of aromatic nitrogens is 2. The normalized spacial score (nSPS) is 12.6. The van der Waals surface area contributed by atoms with Gasteiger partial charge in [0.15, 0.2) is 16.5 Å². The fourth-order valence-electron chi connectivity index (χ4n) is 2.96. The van der Waals surface area contributed by atoms with Crippen LogP contribution in [0.3, 0.4) is 0 Å². The number of phenolic OH excluding ortho intramolecular Hbond substituents is 1. The third kappa shape index (κ3) is 3.90. The van der Waals surface area contributed by atoms with Crippen LogP contribution in [0.1, 0.15) is 11.1 Å². The molecule has 0 atom stereocenters. The maximum absolute atomic E-state index is 13.5. The van der Waals surface area contributed by atoms with Gasteiger partial charge in [-0.15, -0.1) is 0 Å². The average molecular weight is 515 g/mol. The van der Waals surface area contributed by atoms with Gasteiger partial charge in [0.25, 0.3) is 5.56 Å². The van der Waals surface area contributed by atoms with Crippen molar-refractivity contribution in [2.45, 2.75) is 6.18 Å². The maximum Gasteiger partial charge on any atom is 0.419 e. The fraction of sp³-hybridized carbons (Fsp3) is 0.100. The molecule has 0 radical (unpaired) electrons. The number of alkyl halides is 3. The van der Waals surface area contributed by atoms with E-state index in [0.29, 0.717) is 20.6 Å². The van der Waals surface area contributed by atoms with Crippen LogP contribution in [0.4, 0.5) is 17.6 Å². The molecule has 0 spiro atoms.